The monoisotopic (exact) mass is 256 g/mol. The summed E-state index contributed by atoms with van der Waals surface area (Å²) in [7, 11) is 0. The standard InChI is InChI=1S/C13H12N4S/c1-8-15-12(17-14)10-7-11(18-13(10)16-8)9-5-3-2-4-6-9/h2-7H,14H2,1H3,(H,15,16,17). The topological polar surface area (TPSA) is 63.8 Å². The Bertz CT molecular complexity index is 691. The molecule has 2 heterocycles. The van der Waals surface area contributed by atoms with E-state index in [9.17, 15) is 0 Å². The first kappa shape index (κ1) is 11.1. The van der Waals surface area contributed by atoms with Crippen LogP contribution in [-0.2, 0) is 0 Å². The van der Waals surface area contributed by atoms with Crippen LogP contribution in [-0.4, -0.2) is 9.97 Å². The van der Waals surface area contributed by atoms with Gasteiger partial charge in [0, 0.05) is 4.88 Å². The number of thiophene rings is 1. The van der Waals surface area contributed by atoms with E-state index in [-0.39, 0.29) is 0 Å². The third-order valence-corrected chi connectivity index (χ3v) is 3.78. The molecule has 0 amide bonds. The SMILES string of the molecule is Cc1nc(NN)c2cc(-c3ccccc3)sc2n1. The molecule has 0 fully saturated rings. The summed E-state index contributed by atoms with van der Waals surface area (Å²) in [5.41, 5.74) is 3.81. The summed E-state index contributed by atoms with van der Waals surface area (Å²) in [5.74, 6) is 6.89. The van der Waals surface area contributed by atoms with Crippen LogP contribution in [0, 0.1) is 6.92 Å². The Morgan fingerprint density at radius 1 is 1.17 bits per heavy atom. The van der Waals surface area contributed by atoms with Crippen LogP contribution in [0.25, 0.3) is 20.7 Å². The molecule has 0 atom stereocenters. The number of aryl methyl sites for hydroxylation is 1. The van der Waals surface area contributed by atoms with Crippen molar-refractivity contribution in [1.82, 2.24) is 9.97 Å². The van der Waals surface area contributed by atoms with Crippen molar-refractivity contribution in [3.63, 3.8) is 0 Å². The number of nitrogens with zero attached hydrogens (tertiary/aromatic N) is 2. The third kappa shape index (κ3) is 1.83. The van der Waals surface area contributed by atoms with Gasteiger partial charge in [-0.2, -0.15) is 0 Å². The zero-order chi connectivity index (χ0) is 12.5. The van der Waals surface area contributed by atoms with Gasteiger partial charge in [-0.05, 0) is 18.6 Å². The first-order chi connectivity index (χ1) is 8.78. The van der Waals surface area contributed by atoms with E-state index in [2.05, 4.69) is 33.6 Å². The van der Waals surface area contributed by atoms with Gasteiger partial charge in [0.05, 0.1) is 5.39 Å². The fourth-order valence-corrected chi connectivity index (χ4v) is 2.97. The van der Waals surface area contributed by atoms with E-state index in [1.54, 1.807) is 11.3 Å². The molecule has 0 aliphatic carbocycles. The fraction of sp³-hybridized carbons (Fsp3) is 0.0769. The lowest BCUT2D eigenvalue weighted by atomic mass is 10.2. The summed E-state index contributed by atoms with van der Waals surface area (Å²) >= 11 is 1.65. The van der Waals surface area contributed by atoms with E-state index in [1.807, 2.05) is 25.1 Å². The summed E-state index contributed by atoms with van der Waals surface area (Å²) in [6, 6.07) is 12.3. The zero-order valence-electron chi connectivity index (χ0n) is 9.84. The van der Waals surface area contributed by atoms with Gasteiger partial charge in [-0.1, -0.05) is 30.3 Å². The minimum atomic E-state index is 0.677. The minimum absolute atomic E-state index is 0.677. The maximum absolute atomic E-state index is 5.50. The number of nitrogens with two attached hydrogens (primary N) is 1. The van der Waals surface area contributed by atoms with Gasteiger partial charge in [0.2, 0.25) is 0 Å². The van der Waals surface area contributed by atoms with Crippen molar-refractivity contribution < 1.29 is 0 Å². The Hall–Kier alpha value is -1.98. The van der Waals surface area contributed by atoms with Crippen LogP contribution >= 0.6 is 11.3 Å². The zero-order valence-corrected chi connectivity index (χ0v) is 10.7. The largest absolute Gasteiger partial charge is 0.308 e. The summed E-state index contributed by atoms with van der Waals surface area (Å²) in [4.78, 5) is 10.9. The highest BCUT2D eigenvalue weighted by Crippen LogP contribution is 2.34. The van der Waals surface area contributed by atoms with Gasteiger partial charge in [0.1, 0.15) is 10.7 Å². The highest BCUT2D eigenvalue weighted by Gasteiger charge is 2.10. The molecule has 90 valence electrons. The molecule has 3 aromatic rings. The second kappa shape index (κ2) is 4.36. The second-order valence-corrected chi connectivity index (χ2v) is 4.99. The number of nitrogen functional groups attached to an aromatic ring is 1. The van der Waals surface area contributed by atoms with E-state index in [1.165, 1.54) is 10.4 Å². The van der Waals surface area contributed by atoms with E-state index in [0.29, 0.717) is 5.82 Å². The van der Waals surface area contributed by atoms with E-state index >= 15 is 0 Å². The van der Waals surface area contributed by atoms with Gasteiger partial charge in [-0.15, -0.1) is 11.3 Å². The molecule has 5 heteroatoms. The van der Waals surface area contributed by atoms with Crippen LogP contribution in [0.2, 0.25) is 0 Å². The number of rotatable bonds is 2. The Morgan fingerprint density at radius 3 is 2.67 bits per heavy atom. The summed E-state index contributed by atoms with van der Waals surface area (Å²) in [5, 5.41) is 0.965. The fourth-order valence-electron chi connectivity index (χ4n) is 1.88. The minimum Gasteiger partial charge on any atom is -0.308 e. The van der Waals surface area contributed by atoms with Gasteiger partial charge in [-0.3, -0.25) is 0 Å². The molecule has 1 aromatic carbocycles. The number of hydrogen-bond acceptors (Lipinski definition) is 5. The molecule has 0 unspecified atom stereocenters. The lowest BCUT2D eigenvalue weighted by Crippen LogP contribution is -2.09. The van der Waals surface area contributed by atoms with E-state index in [4.69, 9.17) is 5.84 Å². The number of aromatic nitrogens is 2. The van der Waals surface area contributed by atoms with Crippen LogP contribution in [0.4, 0.5) is 5.82 Å². The van der Waals surface area contributed by atoms with Gasteiger partial charge in [0.15, 0.2) is 5.82 Å². The van der Waals surface area contributed by atoms with Gasteiger partial charge >= 0.3 is 0 Å². The van der Waals surface area contributed by atoms with Crippen molar-refractivity contribution in [2.75, 3.05) is 5.43 Å². The second-order valence-electron chi connectivity index (χ2n) is 3.96. The maximum atomic E-state index is 5.50. The van der Waals surface area contributed by atoms with Gasteiger partial charge in [-0.25, -0.2) is 15.8 Å². The number of benzene rings is 1. The molecule has 3 N–H and O–H groups in total. The Labute approximate surface area is 108 Å². The number of anilines is 1. The highest BCUT2D eigenvalue weighted by molar-refractivity contribution is 7.21. The third-order valence-electron chi connectivity index (χ3n) is 2.70. The lowest BCUT2D eigenvalue weighted by Gasteiger charge is -2.00. The number of hydrogen-bond donors (Lipinski definition) is 2. The molecule has 18 heavy (non-hydrogen) atoms. The van der Waals surface area contributed by atoms with Crippen molar-refractivity contribution in [2.45, 2.75) is 6.92 Å². The number of fused-ring (bicyclic) bond motifs is 1. The van der Waals surface area contributed by atoms with Crippen LogP contribution in [0.1, 0.15) is 5.82 Å². The Kier molecular flexibility index (Phi) is 2.70. The Morgan fingerprint density at radius 2 is 1.94 bits per heavy atom. The molecule has 2 aromatic heterocycles. The maximum Gasteiger partial charge on any atom is 0.152 e. The van der Waals surface area contributed by atoms with Crippen molar-refractivity contribution in [3.05, 3.63) is 42.2 Å². The van der Waals surface area contributed by atoms with Crippen molar-refractivity contribution in [3.8, 4) is 10.4 Å². The van der Waals surface area contributed by atoms with E-state index < -0.39 is 0 Å². The molecule has 0 bridgehead atoms. The molecule has 0 saturated heterocycles. The van der Waals surface area contributed by atoms with Crippen molar-refractivity contribution in [1.29, 1.82) is 0 Å². The normalized spacial score (nSPS) is 10.8. The van der Waals surface area contributed by atoms with E-state index in [0.717, 1.165) is 16.0 Å². The predicted molar refractivity (Wildman–Crippen MR) is 75.4 cm³/mol. The van der Waals surface area contributed by atoms with Gasteiger partial charge in [0.25, 0.3) is 0 Å². The number of hydrazine groups is 1. The first-order valence-electron chi connectivity index (χ1n) is 5.58. The highest BCUT2D eigenvalue weighted by atomic mass is 32.1. The quantitative estimate of drug-likeness (QED) is 0.546. The van der Waals surface area contributed by atoms with Crippen LogP contribution < -0.4 is 11.3 Å². The smallest absolute Gasteiger partial charge is 0.152 e. The molecule has 0 radical (unpaired) electrons. The first-order valence-corrected chi connectivity index (χ1v) is 6.40. The molecule has 0 aliphatic rings. The molecule has 0 aliphatic heterocycles. The Balaban J connectivity index is 2.23. The van der Waals surface area contributed by atoms with Crippen molar-refractivity contribution in [2.24, 2.45) is 5.84 Å². The molecular weight excluding hydrogens is 244 g/mol. The molecule has 3 rings (SSSR count). The average molecular weight is 256 g/mol. The molecule has 4 nitrogen and oxygen atoms in total. The lowest BCUT2D eigenvalue weighted by molar-refractivity contribution is 1.08. The average Bonchev–Trinajstić information content (AvgIpc) is 2.82. The van der Waals surface area contributed by atoms with Crippen LogP contribution in [0.3, 0.4) is 0 Å². The summed E-state index contributed by atoms with van der Waals surface area (Å²) in [6.07, 6.45) is 0. The molecular formula is C13H12N4S. The molecule has 0 spiro atoms. The molecule has 0 saturated carbocycles. The van der Waals surface area contributed by atoms with Crippen molar-refractivity contribution >= 4 is 27.4 Å². The van der Waals surface area contributed by atoms with Crippen LogP contribution in [0.5, 0.6) is 0 Å². The predicted octanol–water partition coefficient (Wildman–Crippen LogP) is 2.95. The number of nitrogens with one attached hydrogen (secondary N) is 1. The summed E-state index contributed by atoms with van der Waals surface area (Å²) in [6.45, 7) is 1.86. The van der Waals surface area contributed by atoms with Crippen LogP contribution in [0.15, 0.2) is 36.4 Å². The van der Waals surface area contributed by atoms with Gasteiger partial charge < -0.3 is 5.43 Å². The summed E-state index contributed by atoms with van der Waals surface area (Å²) < 4.78 is 0.